The maximum absolute atomic E-state index is 5.81. The van der Waals surface area contributed by atoms with E-state index < -0.39 is 0 Å². The summed E-state index contributed by atoms with van der Waals surface area (Å²) in [5.74, 6) is 2.09. The van der Waals surface area contributed by atoms with Crippen molar-refractivity contribution in [1.29, 1.82) is 0 Å². The van der Waals surface area contributed by atoms with Gasteiger partial charge >= 0.3 is 0 Å². The highest BCUT2D eigenvalue weighted by Crippen LogP contribution is 2.34. The summed E-state index contributed by atoms with van der Waals surface area (Å²) in [5.41, 5.74) is 1.15. The van der Waals surface area contributed by atoms with Crippen LogP contribution < -0.4 is 0 Å². The molecule has 2 rings (SSSR count). The second-order valence-corrected chi connectivity index (χ2v) is 5.84. The quantitative estimate of drug-likeness (QED) is 0.493. The Labute approximate surface area is 127 Å². The number of hydrogen-bond acceptors (Lipinski definition) is 2. The number of allylic oxidation sites excluding steroid dienone is 5. The van der Waals surface area contributed by atoms with E-state index in [4.69, 9.17) is 21.1 Å². The van der Waals surface area contributed by atoms with Crippen LogP contribution in [-0.4, -0.2) is 29.6 Å². The van der Waals surface area contributed by atoms with Crippen molar-refractivity contribution in [3.05, 3.63) is 35.6 Å². The molecule has 4 heteroatoms. The first-order chi connectivity index (χ1) is 8.83. The molecular formula is C14H18ClIO2. The largest absolute Gasteiger partial charge is 0.494 e. The van der Waals surface area contributed by atoms with Crippen LogP contribution in [0, 0.1) is 5.92 Å². The van der Waals surface area contributed by atoms with Gasteiger partial charge in [-0.2, -0.15) is 0 Å². The van der Waals surface area contributed by atoms with Crippen LogP contribution in [0.4, 0.5) is 0 Å². The van der Waals surface area contributed by atoms with Gasteiger partial charge in [-0.15, -0.1) is 11.6 Å². The van der Waals surface area contributed by atoms with Gasteiger partial charge in [0, 0.05) is 16.2 Å². The molecule has 18 heavy (non-hydrogen) atoms. The average Bonchev–Trinajstić information content (AvgIpc) is 3.17. The Kier molecular flexibility index (Phi) is 6.05. The minimum absolute atomic E-state index is 0.423. The molecule has 0 aliphatic heterocycles. The summed E-state index contributed by atoms with van der Waals surface area (Å²) >= 11 is 8.14. The van der Waals surface area contributed by atoms with Crippen LogP contribution >= 0.6 is 34.2 Å². The Morgan fingerprint density at radius 3 is 3.00 bits per heavy atom. The van der Waals surface area contributed by atoms with E-state index in [-0.39, 0.29) is 0 Å². The highest BCUT2D eigenvalue weighted by atomic mass is 127. The van der Waals surface area contributed by atoms with Gasteiger partial charge in [-0.3, -0.25) is 0 Å². The van der Waals surface area contributed by atoms with Crippen molar-refractivity contribution >= 4 is 34.2 Å². The van der Waals surface area contributed by atoms with Crippen LogP contribution in [0.15, 0.2) is 35.6 Å². The lowest BCUT2D eigenvalue weighted by molar-refractivity contribution is 0.106. The fourth-order valence-electron chi connectivity index (χ4n) is 1.86. The van der Waals surface area contributed by atoms with Crippen LogP contribution in [0.5, 0.6) is 0 Å². The normalized spacial score (nSPS) is 26.3. The maximum atomic E-state index is 5.81. The lowest BCUT2D eigenvalue weighted by Gasteiger charge is -2.06. The smallest absolute Gasteiger partial charge is 0.115 e. The monoisotopic (exact) mass is 380 g/mol. The van der Waals surface area contributed by atoms with E-state index >= 15 is 0 Å². The van der Waals surface area contributed by atoms with Crippen LogP contribution in [0.2, 0.25) is 0 Å². The first kappa shape index (κ1) is 14.4. The van der Waals surface area contributed by atoms with Crippen molar-refractivity contribution < 1.29 is 9.47 Å². The number of ether oxygens (including phenoxy) is 2. The molecule has 2 aliphatic carbocycles. The van der Waals surface area contributed by atoms with Gasteiger partial charge in [0.25, 0.3) is 0 Å². The Morgan fingerprint density at radius 1 is 1.33 bits per heavy atom. The van der Waals surface area contributed by atoms with Crippen molar-refractivity contribution in [2.45, 2.75) is 18.9 Å². The van der Waals surface area contributed by atoms with E-state index in [9.17, 15) is 0 Å². The van der Waals surface area contributed by atoms with Gasteiger partial charge in [0.2, 0.25) is 0 Å². The molecule has 2 aliphatic rings. The van der Waals surface area contributed by atoms with Crippen molar-refractivity contribution in [2.24, 2.45) is 5.92 Å². The molecule has 0 radical (unpaired) electrons. The molecule has 1 saturated carbocycles. The fraction of sp³-hybridized carbons (Fsp3) is 0.571. The van der Waals surface area contributed by atoms with E-state index in [1.165, 1.54) is 0 Å². The Morgan fingerprint density at radius 2 is 2.22 bits per heavy atom. The minimum atomic E-state index is 0.423. The molecule has 100 valence electrons. The Balaban J connectivity index is 1.68. The summed E-state index contributed by atoms with van der Waals surface area (Å²) in [4.78, 5) is 0. The van der Waals surface area contributed by atoms with Gasteiger partial charge in [-0.05, 0) is 30.6 Å². The second kappa shape index (κ2) is 7.56. The summed E-state index contributed by atoms with van der Waals surface area (Å²) < 4.78 is 12.5. The van der Waals surface area contributed by atoms with Crippen molar-refractivity contribution in [2.75, 3.05) is 23.5 Å². The molecular weight excluding hydrogens is 363 g/mol. The number of rotatable bonds is 7. The van der Waals surface area contributed by atoms with E-state index in [2.05, 4.69) is 34.7 Å². The molecule has 0 aromatic carbocycles. The molecule has 0 amide bonds. The standard InChI is InChI=1S/C14H18ClIO2/c15-9-11-2-1-3-13(5-4-11)18-10-12-8-14(12)17-7-6-16/h2-5,12,14H,1,6-10H2. The zero-order valence-electron chi connectivity index (χ0n) is 10.3. The molecule has 0 spiro atoms. The lowest BCUT2D eigenvalue weighted by Crippen LogP contribution is -2.04. The molecule has 0 N–H and O–H groups in total. The van der Waals surface area contributed by atoms with E-state index in [0.29, 0.717) is 17.9 Å². The predicted molar refractivity (Wildman–Crippen MR) is 83.3 cm³/mol. The van der Waals surface area contributed by atoms with Gasteiger partial charge in [-0.25, -0.2) is 0 Å². The van der Waals surface area contributed by atoms with E-state index in [0.717, 1.165) is 41.8 Å². The zero-order valence-corrected chi connectivity index (χ0v) is 13.2. The molecule has 0 aromatic rings. The summed E-state index contributed by atoms with van der Waals surface area (Å²) in [6, 6.07) is 0. The highest BCUT2D eigenvalue weighted by Gasteiger charge is 2.38. The molecule has 0 saturated heterocycles. The minimum Gasteiger partial charge on any atom is -0.494 e. The molecule has 0 aromatic heterocycles. The fourth-order valence-corrected chi connectivity index (χ4v) is 2.31. The van der Waals surface area contributed by atoms with Crippen LogP contribution in [0.25, 0.3) is 0 Å². The molecule has 2 atom stereocenters. The first-order valence-corrected chi connectivity index (χ1v) is 8.33. The number of halogens is 2. The third-order valence-electron chi connectivity index (χ3n) is 3.05. The third kappa shape index (κ3) is 4.59. The first-order valence-electron chi connectivity index (χ1n) is 6.27. The Bertz CT molecular complexity index is 363. The summed E-state index contributed by atoms with van der Waals surface area (Å²) in [6.07, 6.45) is 10.7. The molecule has 1 fully saturated rings. The second-order valence-electron chi connectivity index (χ2n) is 4.49. The van der Waals surface area contributed by atoms with Crippen molar-refractivity contribution in [1.82, 2.24) is 0 Å². The van der Waals surface area contributed by atoms with Crippen molar-refractivity contribution in [3.63, 3.8) is 0 Å². The van der Waals surface area contributed by atoms with Crippen molar-refractivity contribution in [3.8, 4) is 0 Å². The van der Waals surface area contributed by atoms with Gasteiger partial charge in [0.15, 0.2) is 0 Å². The van der Waals surface area contributed by atoms with Gasteiger partial charge < -0.3 is 9.47 Å². The van der Waals surface area contributed by atoms with Gasteiger partial charge in [0.05, 0.1) is 19.3 Å². The van der Waals surface area contributed by atoms with Gasteiger partial charge in [-0.1, -0.05) is 34.7 Å². The van der Waals surface area contributed by atoms with Crippen LogP contribution in [0.1, 0.15) is 12.8 Å². The predicted octanol–water partition coefficient (Wildman–Crippen LogP) is 3.85. The lowest BCUT2D eigenvalue weighted by atomic mass is 10.2. The summed E-state index contributed by atoms with van der Waals surface area (Å²) in [5, 5.41) is 0. The number of hydrogen-bond donors (Lipinski definition) is 0. The van der Waals surface area contributed by atoms with Gasteiger partial charge in [0.1, 0.15) is 5.76 Å². The molecule has 0 heterocycles. The van der Waals surface area contributed by atoms with Crippen LogP contribution in [0.3, 0.4) is 0 Å². The average molecular weight is 381 g/mol. The topological polar surface area (TPSA) is 18.5 Å². The molecule has 2 unspecified atom stereocenters. The maximum Gasteiger partial charge on any atom is 0.115 e. The van der Waals surface area contributed by atoms with E-state index in [1.807, 2.05) is 12.2 Å². The number of alkyl halides is 2. The van der Waals surface area contributed by atoms with Crippen LogP contribution in [-0.2, 0) is 9.47 Å². The summed E-state index contributed by atoms with van der Waals surface area (Å²) in [6.45, 7) is 1.62. The zero-order chi connectivity index (χ0) is 12.8. The molecule has 2 nitrogen and oxygen atoms in total. The third-order valence-corrected chi connectivity index (χ3v) is 3.79. The highest BCUT2D eigenvalue weighted by molar-refractivity contribution is 14.1. The SMILES string of the molecule is ClCC1=CCC=C(OCC2CC2OCCI)C=C1. The molecule has 0 bridgehead atoms. The Hall–Kier alpha value is -0.0000000000000000555. The van der Waals surface area contributed by atoms with E-state index in [1.54, 1.807) is 0 Å². The summed E-state index contributed by atoms with van der Waals surface area (Å²) in [7, 11) is 0.